The summed E-state index contributed by atoms with van der Waals surface area (Å²) in [6.45, 7) is 3.84. The van der Waals surface area contributed by atoms with Gasteiger partial charge < -0.3 is 0 Å². The summed E-state index contributed by atoms with van der Waals surface area (Å²) >= 11 is 3.42. The monoisotopic (exact) mass is 278 g/mol. The molecule has 0 saturated heterocycles. The molecule has 1 aromatic heterocycles. The van der Waals surface area contributed by atoms with Crippen LogP contribution in [0.15, 0.2) is 28.9 Å². The maximum absolute atomic E-state index is 10.8. The normalized spacial score (nSPS) is 10.4. The van der Waals surface area contributed by atoms with Crippen molar-refractivity contribution in [3.63, 3.8) is 0 Å². The van der Waals surface area contributed by atoms with Gasteiger partial charge in [0.15, 0.2) is 6.29 Å². The van der Waals surface area contributed by atoms with Crippen molar-refractivity contribution in [1.82, 2.24) is 9.78 Å². The van der Waals surface area contributed by atoms with Crippen LogP contribution in [0.3, 0.4) is 0 Å². The Hall–Kier alpha value is -1.42. The summed E-state index contributed by atoms with van der Waals surface area (Å²) in [7, 11) is 0. The second-order valence-corrected chi connectivity index (χ2v) is 4.58. The Morgan fingerprint density at radius 2 is 2.12 bits per heavy atom. The second kappa shape index (κ2) is 4.22. The average molecular weight is 279 g/mol. The first-order chi connectivity index (χ1) is 7.61. The Labute approximate surface area is 102 Å². The zero-order valence-electron chi connectivity index (χ0n) is 9.07. The third kappa shape index (κ3) is 1.93. The lowest BCUT2D eigenvalue weighted by Gasteiger charge is -2.05. The summed E-state index contributed by atoms with van der Waals surface area (Å²) in [6.07, 6.45) is 2.57. The molecule has 0 spiro atoms. The lowest BCUT2D eigenvalue weighted by atomic mass is 10.2. The average Bonchev–Trinajstić information content (AvgIpc) is 2.59. The van der Waals surface area contributed by atoms with Crippen molar-refractivity contribution < 1.29 is 4.79 Å². The summed E-state index contributed by atoms with van der Waals surface area (Å²) in [6, 6.07) is 5.95. The molecule has 0 bridgehead atoms. The van der Waals surface area contributed by atoms with Gasteiger partial charge in [-0.1, -0.05) is 15.9 Å². The lowest BCUT2D eigenvalue weighted by molar-refractivity contribution is 0.112. The van der Waals surface area contributed by atoms with Crippen LogP contribution in [0.4, 0.5) is 0 Å². The van der Waals surface area contributed by atoms with E-state index in [0.29, 0.717) is 5.56 Å². The SMILES string of the molecule is Cc1cc(Br)ccc1-n1cc(C=O)c(C)n1. The number of halogens is 1. The molecule has 0 N–H and O–H groups in total. The van der Waals surface area contributed by atoms with Gasteiger partial charge in [0.05, 0.1) is 16.9 Å². The van der Waals surface area contributed by atoms with Crippen LogP contribution in [0.2, 0.25) is 0 Å². The third-order valence-electron chi connectivity index (χ3n) is 2.47. The molecule has 0 unspecified atom stereocenters. The standard InChI is InChI=1S/C12H11BrN2O/c1-8-5-11(13)3-4-12(8)15-6-10(7-16)9(2)14-15/h3-7H,1-2H3. The van der Waals surface area contributed by atoms with E-state index in [0.717, 1.165) is 27.7 Å². The molecule has 2 rings (SSSR count). The number of aromatic nitrogens is 2. The van der Waals surface area contributed by atoms with Crippen LogP contribution in [0, 0.1) is 13.8 Å². The number of aryl methyl sites for hydroxylation is 2. The smallest absolute Gasteiger partial charge is 0.153 e. The summed E-state index contributed by atoms with van der Waals surface area (Å²) in [5.41, 5.74) is 3.47. The van der Waals surface area contributed by atoms with Gasteiger partial charge in [-0.05, 0) is 37.6 Å². The third-order valence-corrected chi connectivity index (χ3v) is 2.96. The summed E-state index contributed by atoms with van der Waals surface area (Å²) in [5.74, 6) is 0. The molecule has 0 saturated carbocycles. The number of hydrogen-bond acceptors (Lipinski definition) is 2. The Balaban J connectivity index is 2.54. The number of carbonyl (C=O) groups excluding carboxylic acids is 1. The van der Waals surface area contributed by atoms with E-state index in [9.17, 15) is 4.79 Å². The maximum Gasteiger partial charge on any atom is 0.153 e. The van der Waals surface area contributed by atoms with Gasteiger partial charge in [-0.15, -0.1) is 0 Å². The minimum absolute atomic E-state index is 0.627. The van der Waals surface area contributed by atoms with Gasteiger partial charge in [0, 0.05) is 10.7 Å². The zero-order chi connectivity index (χ0) is 11.7. The number of nitrogens with zero attached hydrogens (tertiary/aromatic N) is 2. The molecule has 16 heavy (non-hydrogen) atoms. The Morgan fingerprint density at radius 1 is 1.38 bits per heavy atom. The van der Waals surface area contributed by atoms with E-state index in [1.165, 1.54) is 0 Å². The molecule has 0 aliphatic rings. The van der Waals surface area contributed by atoms with Crippen molar-refractivity contribution >= 4 is 22.2 Å². The molecule has 82 valence electrons. The number of aldehydes is 1. The summed E-state index contributed by atoms with van der Waals surface area (Å²) in [4.78, 5) is 10.8. The molecule has 0 aliphatic carbocycles. The quantitative estimate of drug-likeness (QED) is 0.792. The van der Waals surface area contributed by atoms with Crippen LogP contribution in [0.25, 0.3) is 5.69 Å². The minimum atomic E-state index is 0.627. The number of rotatable bonds is 2. The molecule has 1 aromatic carbocycles. The Morgan fingerprint density at radius 3 is 2.69 bits per heavy atom. The van der Waals surface area contributed by atoms with Gasteiger partial charge in [0.1, 0.15) is 0 Å². The predicted molar refractivity (Wildman–Crippen MR) is 66.1 cm³/mol. The largest absolute Gasteiger partial charge is 0.298 e. The molecular weight excluding hydrogens is 268 g/mol. The molecule has 3 nitrogen and oxygen atoms in total. The Bertz CT molecular complexity index is 546. The lowest BCUT2D eigenvalue weighted by Crippen LogP contribution is -1.97. The highest BCUT2D eigenvalue weighted by Crippen LogP contribution is 2.19. The van der Waals surface area contributed by atoms with Gasteiger partial charge in [-0.25, -0.2) is 4.68 Å². The molecule has 0 fully saturated rings. The van der Waals surface area contributed by atoms with Crippen molar-refractivity contribution in [2.75, 3.05) is 0 Å². The van der Waals surface area contributed by atoms with Gasteiger partial charge in [-0.2, -0.15) is 5.10 Å². The summed E-state index contributed by atoms with van der Waals surface area (Å²) < 4.78 is 2.77. The zero-order valence-corrected chi connectivity index (χ0v) is 10.7. The van der Waals surface area contributed by atoms with E-state index in [1.807, 2.05) is 32.0 Å². The van der Waals surface area contributed by atoms with E-state index in [4.69, 9.17) is 0 Å². The van der Waals surface area contributed by atoms with E-state index < -0.39 is 0 Å². The molecule has 2 aromatic rings. The summed E-state index contributed by atoms with van der Waals surface area (Å²) in [5, 5.41) is 4.31. The van der Waals surface area contributed by atoms with Crippen molar-refractivity contribution in [1.29, 1.82) is 0 Å². The first-order valence-electron chi connectivity index (χ1n) is 4.90. The van der Waals surface area contributed by atoms with Crippen molar-refractivity contribution in [2.45, 2.75) is 13.8 Å². The number of benzene rings is 1. The van der Waals surface area contributed by atoms with Gasteiger partial charge in [0.2, 0.25) is 0 Å². The van der Waals surface area contributed by atoms with Crippen LogP contribution in [-0.2, 0) is 0 Å². The van der Waals surface area contributed by atoms with Crippen molar-refractivity contribution in [2.24, 2.45) is 0 Å². The first-order valence-corrected chi connectivity index (χ1v) is 5.69. The highest BCUT2D eigenvalue weighted by molar-refractivity contribution is 9.10. The molecular formula is C12H11BrN2O. The first kappa shape index (κ1) is 11.1. The Kier molecular flexibility index (Phi) is 2.92. The van der Waals surface area contributed by atoms with Crippen molar-refractivity contribution in [3.8, 4) is 5.69 Å². The second-order valence-electron chi connectivity index (χ2n) is 3.66. The highest BCUT2D eigenvalue weighted by Gasteiger charge is 2.07. The van der Waals surface area contributed by atoms with E-state index in [2.05, 4.69) is 21.0 Å². The fourth-order valence-electron chi connectivity index (χ4n) is 1.59. The molecule has 0 amide bonds. The predicted octanol–water partition coefficient (Wildman–Crippen LogP) is 3.06. The minimum Gasteiger partial charge on any atom is -0.298 e. The van der Waals surface area contributed by atoms with Crippen LogP contribution >= 0.6 is 15.9 Å². The molecule has 0 atom stereocenters. The van der Waals surface area contributed by atoms with Crippen LogP contribution in [-0.4, -0.2) is 16.1 Å². The topological polar surface area (TPSA) is 34.9 Å². The van der Waals surface area contributed by atoms with Crippen LogP contribution in [0.1, 0.15) is 21.6 Å². The maximum atomic E-state index is 10.8. The molecule has 0 radical (unpaired) electrons. The van der Waals surface area contributed by atoms with Crippen molar-refractivity contribution in [3.05, 3.63) is 45.7 Å². The van der Waals surface area contributed by atoms with Gasteiger partial charge in [-0.3, -0.25) is 4.79 Å². The highest BCUT2D eigenvalue weighted by atomic mass is 79.9. The number of hydrogen-bond donors (Lipinski definition) is 0. The molecule has 1 heterocycles. The number of carbonyl (C=O) groups is 1. The van der Waals surface area contributed by atoms with E-state index >= 15 is 0 Å². The van der Waals surface area contributed by atoms with E-state index in [-0.39, 0.29) is 0 Å². The molecule has 0 aliphatic heterocycles. The van der Waals surface area contributed by atoms with E-state index in [1.54, 1.807) is 10.9 Å². The fraction of sp³-hybridized carbons (Fsp3) is 0.167. The molecule has 4 heteroatoms. The fourth-order valence-corrected chi connectivity index (χ4v) is 2.06. The van der Waals surface area contributed by atoms with Crippen LogP contribution < -0.4 is 0 Å². The van der Waals surface area contributed by atoms with Crippen LogP contribution in [0.5, 0.6) is 0 Å². The van der Waals surface area contributed by atoms with Gasteiger partial charge in [0.25, 0.3) is 0 Å². The van der Waals surface area contributed by atoms with Gasteiger partial charge >= 0.3 is 0 Å².